The number of allylic oxidation sites excluding steroid dienone is 2. The number of ether oxygens (including phenoxy) is 1. The van der Waals surface area contributed by atoms with Crippen molar-refractivity contribution in [1.82, 2.24) is 15.0 Å². The van der Waals surface area contributed by atoms with Gasteiger partial charge in [0.25, 0.3) is 0 Å². The number of pyridine rings is 1. The Labute approximate surface area is 227 Å². The largest absolute Gasteiger partial charge is 0.374 e. The lowest BCUT2D eigenvalue weighted by atomic mass is 9.82. The summed E-state index contributed by atoms with van der Waals surface area (Å²) in [5.74, 6) is -0.780. The second kappa shape index (κ2) is 11.2. The van der Waals surface area contributed by atoms with Crippen molar-refractivity contribution < 1.29 is 13.5 Å². The summed E-state index contributed by atoms with van der Waals surface area (Å²) in [5.41, 5.74) is 9.20. The number of anilines is 2. The highest BCUT2D eigenvalue weighted by molar-refractivity contribution is 6.09. The molecule has 1 saturated carbocycles. The van der Waals surface area contributed by atoms with E-state index in [1.54, 1.807) is 31.8 Å². The molecule has 39 heavy (non-hydrogen) atoms. The molecule has 1 aromatic carbocycles. The molecule has 2 aliphatic rings. The van der Waals surface area contributed by atoms with Gasteiger partial charge in [-0.1, -0.05) is 24.5 Å². The zero-order valence-corrected chi connectivity index (χ0v) is 22.2. The maximum absolute atomic E-state index is 15.0. The van der Waals surface area contributed by atoms with Crippen LogP contribution in [0.2, 0.25) is 0 Å². The molecule has 0 radical (unpaired) electrons. The van der Waals surface area contributed by atoms with E-state index in [1.165, 1.54) is 23.8 Å². The van der Waals surface area contributed by atoms with Gasteiger partial charge in [0.1, 0.15) is 11.6 Å². The maximum atomic E-state index is 15.0. The minimum atomic E-state index is -0.772. The van der Waals surface area contributed by atoms with Crippen LogP contribution in [0.4, 0.5) is 20.4 Å². The molecule has 3 aromatic rings. The Kier molecular flexibility index (Phi) is 7.72. The van der Waals surface area contributed by atoms with Gasteiger partial charge < -0.3 is 26.2 Å². The third-order valence-corrected chi connectivity index (χ3v) is 7.84. The molecule has 0 spiro atoms. The molecule has 2 unspecified atom stereocenters. The van der Waals surface area contributed by atoms with Crippen LogP contribution in [0.3, 0.4) is 0 Å². The van der Waals surface area contributed by atoms with Crippen LogP contribution in [0.25, 0.3) is 6.08 Å². The lowest BCUT2D eigenvalue weighted by Gasteiger charge is -2.28. The van der Waals surface area contributed by atoms with Crippen molar-refractivity contribution in [3.8, 4) is 0 Å². The molecule has 0 bridgehead atoms. The molecular formula is C30H34F2N6O. The zero-order chi connectivity index (χ0) is 27.6. The van der Waals surface area contributed by atoms with Gasteiger partial charge in [-0.15, -0.1) is 0 Å². The van der Waals surface area contributed by atoms with Gasteiger partial charge in [-0.2, -0.15) is 0 Å². The molecule has 0 amide bonds. The van der Waals surface area contributed by atoms with E-state index in [0.717, 1.165) is 49.8 Å². The molecule has 2 aromatic heterocycles. The third kappa shape index (κ3) is 5.69. The number of nitrogens with two attached hydrogens (primary N) is 1. The topological polar surface area (TPSA) is 113 Å². The fourth-order valence-electron chi connectivity index (χ4n) is 5.92. The second-order valence-corrected chi connectivity index (χ2v) is 10.6. The molecular weight excluding hydrogens is 498 g/mol. The van der Waals surface area contributed by atoms with E-state index in [4.69, 9.17) is 15.9 Å². The summed E-state index contributed by atoms with van der Waals surface area (Å²) in [6.07, 6.45) is 15.3. The van der Waals surface area contributed by atoms with Crippen LogP contribution in [0.1, 0.15) is 73.8 Å². The minimum absolute atomic E-state index is 0.0233. The average Bonchev–Trinajstić information content (AvgIpc) is 3.57. The van der Waals surface area contributed by atoms with E-state index in [-0.39, 0.29) is 23.2 Å². The number of nitrogens with zero attached hydrogens (tertiary/aromatic N) is 2. The number of methoxy groups -OCH3 is 1. The highest BCUT2D eigenvalue weighted by Crippen LogP contribution is 2.42. The number of imidazole rings is 1. The summed E-state index contributed by atoms with van der Waals surface area (Å²) in [7, 11) is 1.58. The predicted octanol–water partition coefficient (Wildman–Crippen LogP) is 6.47. The summed E-state index contributed by atoms with van der Waals surface area (Å²) in [6.45, 7) is 2.10. The standard InChI is InChI=1S/C30H34F2N6O/c1-18-11-19(13-21(33)12-18)23-7-10-35-17-27(23)38-29-36-16-22(37-29)5-6-26(34)28-24(31)14-20(15-25(28)32)30(39-2)8-3-4-9-30/h5-7,10,12,14-17,19,21,34H,3-4,8-9,11,13,33H2,1-2H3,(H2,36,37,38)/b6-5-,34-26?. The first kappa shape index (κ1) is 26.9. The zero-order valence-electron chi connectivity index (χ0n) is 22.2. The molecule has 2 heterocycles. The van der Waals surface area contributed by atoms with Crippen molar-refractivity contribution in [2.75, 3.05) is 12.4 Å². The number of halogens is 2. The van der Waals surface area contributed by atoms with Crippen LogP contribution < -0.4 is 11.1 Å². The van der Waals surface area contributed by atoms with E-state index in [1.807, 2.05) is 6.07 Å². The first-order valence-electron chi connectivity index (χ1n) is 13.3. The van der Waals surface area contributed by atoms with Gasteiger partial charge in [-0.3, -0.25) is 4.98 Å². The first-order valence-corrected chi connectivity index (χ1v) is 13.3. The Hall–Kier alpha value is -3.69. The number of rotatable bonds is 8. The molecule has 2 aliphatic carbocycles. The molecule has 1 fully saturated rings. The molecule has 5 N–H and O–H groups in total. The van der Waals surface area contributed by atoms with Gasteiger partial charge >= 0.3 is 0 Å². The van der Waals surface area contributed by atoms with Crippen molar-refractivity contribution in [2.45, 2.75) is 63.0 Å². The van der Waals surface area contributed by atoms with Crippen LogP contribution in [0.15, 0.2) is 54.5 Å². The van der Waals surface area contributed by atoms with Crippen molar-refractivity contribution in [1.29, 1.82) is 5.41 Å². The van der Waals surface area contributed by atoms with Crippen molar-refractivity contribution >= 4 is 23.4 Å². The smallest absolute Gasteiger partial charge is 0.205 e. The lowest BCUT2D eigenvalue weighted by Crippen LogP contribution is -2.25. The Bertz CT molecular complexity index is 1400. The third-order valence-electron chi connectivity index (χ3n) is 7.84. The van der Waals surface area contributed by atoms with Gasteiger partial charge in [0.2, 0.25) is 5.95 Å². The molecule has 5 rings (SSSR count). The number of benzene rings is 1. The number of hydrogen-bond donors (Lipinski definition) is 4. The summed E-state index contributed by atoms with van der Waals surface area (Å²) < 4.78 is 35.7. The van der Waals surface area contributed by atoms with Gasteiger partial charge in [-0.05, 0) is 80.0 Å². The second-order valence-electron chi connectivity index (χ2n) is 10.6. The highest BCUT2D eigenvalue weighted by atomic mass is 19.1. The first-order chi connectivity index (χ1) is 18.8. The number of aromatic amines is 1. The van der Waals surface area contributed by atoms with Crippen LogP contribution in [0.5, 0.6) is 0 Å². The van der Waals surface area contributed by atoms with E-state index in [0.29, 0.717) is 17.2 Å². The lowest BCUT2D eigenvalue weighted by molar-refractivity contribution is -0.00917. The van der Waals surface area contributed by atoms with Crippen LogP contribution in [0, 0.1) is 17.0 Å². The summed E-state index contributed by atoms with van der Waals surface area (Å²) in [4.78, 5) is 11.8. The van der Waals surface area contributed by atoms with Gasteiger partial charge in [0.05, 0.1) is 40.7 Å². The van der Waals surface area contributed by atoms with Gasteiger partial charge in [0.15, 0.2) is 0 Å². The summed E-state index contributed by atoms with van der Waals surface area (Å²) in [6, 6.07) is 4.62. The van der Waals surface area contributed by atoms with E-state index < -0.39 is 17.2 Å². The number of aromatic nitrogens is 3. The van der Waals surface area contributed by atoms with Crippen molar-refractivity contribution in [3.63, 3.8) is 0 Å². The highest BCUT2D eigenvalue weighted by Gasteiger charge is 2.37. The molecule has 9 heteroatoms. The number of hydrogen-bond acceptors (Lipinski definition) is 6. The molecule has 7 nitrogen and oxygen atoms in total. The number of nitrogens with one attached hydrogen (secondary N) is 3. The Balaban J connectivity index is 1.30. The Morgan fingerprint density at radius 3 is 2.67 bits per heavy atom. The maximum Gasteiger partial charge on any atom is 0.205 e. The van der Waals surface area contributed by atoms with E-state index in [2.05, 4.69) is 33.3 Å². The van der Waals surface area contributed by atoms with Crippen molar-refractivity contribution in [2.24, 2.45) is 5.73 Å². The van der Waals surface area contributed by atoms with Crippen molar-refractivity contribution in [3.05, 3.63) is 88.5 Å². The molecule has 204 valence electrons. The fourth-order valence-corrected chi connectivity index (χ4v) is 5.92. The predicted molar refractivity (Wildman–Crippen MR) is 149 cm³/mol. The summed E-state index contributed by atoms with van der Waals surface area (Å²) in [5, 5.41) is 11.6. The molecule has 0 saturated heterocycles. The Morgan fingerprint density at radius 2 is 1.97 bits per heavy atom. The van der Waals surface area contributed by atoms with Gasteiger partial charge in [0, 0.05) is 19.3 Å². The van der Waals surface area contributed by atoms with Crippen LogP contribution >= 0.6 is 0 Å². The molecule has 2 atom stereocenters. The average molecular weight is 533 g/mol. The Morgan fingerprint density at radius 1 is 1.23 bits per heavy atom. The van der Waals surface area contributed by atoms with E-state index >= 15 is 8.78 Å². The monoisotopic (exact) mass is 532 g/mol. The normalized spacial score (nSPS) is 20.8. The molecule has 0 aliphatic heterocycles. The SMILES string of the molecule is COC1(c2cc(F)c(C(=N)/C=C\c3cnc(Nc4cnccc4C4CC(C)=CC(N)C4)[nH]3)c(F)c2)CCCC1. The quantitative estimate of drug-likeness (QED) is 0.196. The number of H-pyrrole nitrogens is 1. The van der Waals surface area contributed by atoms with Gasteiger partial charge in [-0.25, -0.2) is 13.8 Å². The minimum Gasteiger partial charge on any atom is -0.374 e. The van der Waals surface area contributed by atoms with E-state index in [9.17, 15) is 0 Å². The fraction of sp³-hybridized carbons (Fsp3) is 0.367. The summed E-state index contributed by atoms with van der Waals surface area (Å²) >= 11 is 0. The van der Waals surface area contributed by atoms with Crippen LogP contribution in [-0.4, -0.2) is 33.8 Å². The van der Waals surface area contributed by atoms with Crippen LogP contribution in [-0.2, 0) is 10.3 Å².